The molecule has 23 heavy (non-hydrogen) atoms. The molecule has 1 heterocycles. The Morgan fingerprint density at radius 2 is 1.91 bits per heavy atom. The number of benzene rings is 2. The van der Waals surface area contributed by atoms with Crippen LogP contribution in [0.5, 0.6) is 0 Å². The Bertz CT molecular complexity index is 817. The Balaban J connectivity index is 1.89. The molecule has 2 aromatic carbocycles. The first-order valence-electron chi connectivity index (χ1n) is 7.15. The number of carbonyl (C=O) groups excluding carboxylic acids is 1. The molecule has 0 aliphatic carbocycles. The summed E-state index contributed by atoms with van der Waals surface area (Å²) in [4.78, 5) is 14.2. The molecule has 1 aromatic heterocycles. The van der Waals surface area contributed by atoms with Crippen LogP contribution in [0.1, 0.15) is 17.6 Å². The maximum Gasteiger partial charge on any atom is 0.315 e. The number of anilines is 1. The molecule has 0 atom stereocenters. The summed E-state index contributed by atoms with van der Waals surface area (Å²) in [5, 5.41) is 8.36. The lowest BCUT2D eigenvalue weighted by atomic mass is 10.2. The molecule has 0 bridgehead atoms. The van der Waals surface area contributed by atoms with E-state index in [0.29, 0.717) is 17.1 Å². The minimum atomic E-state index is -0.334. The van der Waals surface area contributed by atoms with Gasteiger partial charge in [0, 0.05) is 22.8 Å². The van der Waals surface area contributed by atoms with Gasteiger partial charge in [-0.15, -0.1) is 10.2 Å². The largest absolute Gasteiger partial charge is 0.412 e. The predicted octanol–water partition coefficient (Wildman–Crippen LogP) is 4.06. The maximum absolute atomic E-state index is 12.6. The van der Waals surface area contributed by atoms with E-state index in [4.69, 9.17) is 16.0 Å². The highest BCUT2D eigenvalue weighted by atomic mass is 35.5. The Hall–Kier alpha value is -2.66. The Morgan fingerprint density at radius 1 is 1.13 bits per heavy atom. The third kappa shape index (κ3) is 3.24. The van der Waals surface area contributed by atoms with Crippen molar-refractivity contribution in [3.63, 3.8) is 0 Å². The van der Waals surface area contributed by atoms with Crippen LogP contribution in [-0.2, 0) is 0 Å². The summed E-state index contributed by atoms with van der Waals surface area (Å²) in [5.74, 6) is -0.120. The molecule has 116 valence electrons. The molecule has 0 spiro atoms. The van der Waals surface area contributed by atoms with Gasteiger partial charge in [-0.1, -0.05) is 35.9 Å². The molecule has 0 N–H and O–H groups in total. The second kappa shape index (κ2) is 6.62. The molecule has 0 aliphatic rings. The number of aromatic nitrogens is 2. The van der Waals surface area contributed by atoms with Crippen LogP contribution in [-0.4, -0.2) is 22.6 Å². The molecule has 5 nitrogen and oxygen atoms in total. The van der Waals surface area contributed by atoms with Crippen LogP contribution in [0.25, 0.3) is 11.5 Å². The lowest BCUT2D eigenvalue weighted by Crippen LogP contribution is -2.30. The number of hydrogen-bond donors (Lipinski definition) is 0. The van der Waals surface area contributed by atoms with Gasteiger partial charge in [0.05, 0.1) is 0 Å². The average Bonchev–Trinajstić information content (AvgIpc) is 3.06. The van der Waals surface area contributed by atoms with Crippen molar-refractivity contribution in [3.05, 3.63) is 65.5 Å². The van der Waals surface area contributed by atoms with Crippen molar-refractivity contribution in [2.75, 3.05) is 11.4 Å². The number of hydrogen-bond acceptors (Lipinski definition) is 4. The van der Waals surface area contributed by atoms with Crippen LogP contribution in [0, 0.1) is 0 Å². The quantitative estimate of drug-likeness (QED) is 0.725. The molecule has 0 saturated heterocycles. The van der Waals surface area contributed by atoms with E-state index >= 15 is 0 Å². The normalized spacial score (nSPS) is 10.5. The van der Waals surface area contributed by atoms with E-state index in [1.54, 1.807) is 29.2 Å². The van der Waals surface area contributed by atoms with Gasteiger partial charge in [0.15, 0.2) is 0 Å². The van der Waals surface area contributed by atoms with Gasteiger partial charge in [0.2, 0.25) is 5.89 Å². The topological polar surface area (TPSA) is 59.2 Å². The van der Waals surface area contributed by atoms with Gasteiger partial charge in [-0.3, -0.25) is 4.79 Å². The molecule has 3 rings (SSSR count). The Kier molecular flexibility index (Phi) is 4.39. The van der Waals surface area contributed by atoms with E-state index in [2.05, 4.69) is 10.2 Å². The van der Waals surface area contributed by atoms with Gasteiger partial charge in [-0.05, 0) is 37.3 Å². The average molecular weight is 328 g/mol. The van der Waals surface area contributed by atoms with E-state index < -0.39 is 0 Å². The zero-order valence-corrected chi connectivity index (χ0v) is 13.2. The predicted molar refractivity (Wildman–Crippen MR) is 88.5 cm³/mol. The summed E-state index contributed by atoms with van der Waals surface area (Å²) < 4.78 is 5.52. The first kappa shape index (κ1) is 15.2. The van der Waals surface area contributed by atoms with E-state index in [1.807, 2.05) is 37.3 Å². The highest BCUT2D eigenvalue weighted by Gasteiger charge is 2.22. The van der Waals surface area contributed by atoms with Crippen LogP contribution < -0.4 is 4.90 Å². The molecular formula is C17H14ClN3O2. The second-order valence-corrected chi connectivity index (χ2v) is 5.24. The SMILES string of the molecule is CCN(C(=O)c1nnc(-c2cccc(Cl)c2)o1)c1ccccc1. The Morgan fingerprint density at radius 3 is 2.61 bits per heavy atom. The van der Waals surface area contributed by atoms with Crippen molar-refractivity contribution >= 4 is 23.2 Å². The summed E-state index contributed by atoms with van der Waals surface area (Å²) in [6.45, 7) is 2.39. The third-order valence-corrected chi connectivity index (χ3v) is 3.54. The zero-order chi connectivity index (χ0) is 16.2. The number of carbonyl (C=O) groups is 1. The molecule has 0 radical (unpaired) electrons. The monoisotopic (exact) mass is 327 g/mol. The summed E-state index contributed by atoms with van der Waals surface area (Å²) in [6.07, 6.45) is 0. The highest BCUT2D eigenvalue weighted by molar-refractivity contribution is 6.30. The summed E-state index contributed by atoms with van der Waals surface area (Å²) in [5.41, 5.74) is 1.45. The molecular weight excluding hydrogens is 314 g/mol. The first-order valence-corrected chi connectivity index (χ1v) is 7.53. The van der Waals surface area contributed by atoms with Gasteiger partial charge in [-0.2, -0.15) is 0 Å². The fourth-order valence-electron chi connectivity index (χ4n) is 2.21. The minimum absolute atomic E-state index is 0.0503. The second-order valence-electron chi connectivity index (χ2n) is 4.81. The smallest absolute Gasteiger partial charge is 0.315 e. The molecule has 0 saturated carbocycles. The van der Waals surface area contributed by atoms with Gasteiger partial charge >= 0.3 is 11.8 Å². The molecule has 3 aromatic rings. The first-order chi connectivity index (χ1) is 11.2. The van der Waals surface area contributed by atoms with Crippen LogP contribution in [0.4, 0.5) is 5.69 Å². The fourth-order valence-corrected chi connectivity index (χ4v) is 2.40. The highest BCUT2D eigenvalue weighted by Crippen LogP contribution is 2.23. The fraction of sp³-hybridized carbons (Fsp3) is 0.118. The van der Waals surface area contributed by atoms with E-state index in [-0.39, 0.29) is 17.7 Å². The van der Waals surface area contributed by atoms with Crippen molar-refractivity contribution < 1.29 is 9.21 Å². The summed E-state index contributed by atoms with van der Waals surface area (Å²) in [6, 6.07) is 16.4. The minimum Gasteiger partial charge on any atom is -0.412 e. The van der Waals surface area contributed by atoms with Crippen LogP contribution >= 0.6 is 11.6 Å². The van der Waals surface area contributed by atoms with E-state index in [0.717, 1.165) is 5.69 Å². The van der Waals surface area contributed by atoms with Gasteiger partial charge in [0.1, 0.15) is 0 Å². The van der Waals surface area contributed by atoms with Gasteiger partial charge in [-0.25, -0.2) is 0 Å². The Labute approximate surface area is 138 Å². The molecule has 6 heteroatoms. The number of para-hydroxylation sites is 1. The lowest BCUT2D eigenvalue weighted by Gasteiger charge is -2.18. The maximum atomic E-state index is 12.6. The van der Waals surface area contributed by atoms with E-state index in [1.165, 1.54) is 0 Å². The van der Waals surface area contributed by atoms with E-state index in [9.17, 15) is 4.79 Å². The standard InChI is InChI=1S/C17H14ClN3O2/c1-2-21(14-9-4-3-5-10-14)17(22)16-20-19-15(23-16)12-7-6-8-13(18)11-12/h3-11H,2H2,1H3. The molecule has 0 aliphatic heterocycles. The molecule has 0 fully saturated rings. The summed E-state index contributed by atoms with van der Waals surface area (Å²) >= 11 is 5.95. The van der Waals surface area contributed by atoms with Crippen LogP contribution in [0.3, 0.4) is 0 Å². The number of rotatable bonds is 4. The summed E-state index contributed by atoms with van der Waals surface area (Å²) in [7, 11) is 0. The van der Waals surface area contributed by atoms with Crippen molar-refractivity contribution in [2.45, 2.75) is 6.92 Å². The lowest BCUT2D eigenvalue weighted by molar-refractivity contribution is 0.0955. The molecule has 1 amide bonds. The zero-order valence-electron chi connectivity index (χ0n) is 12.4. The van der Waals surface area contributed by atoms with Crippen molar-refractivity contribution in [3.8, 4) is 11.5 Å². The van der Waals surface area contributed by atoms with Crippen LogP contribution in [0.15, 0.2) is 59.0 Å². The third-order valence-electron chi connectivity index (χ3n) is 3.31. The van der Waals surface area contributed by atoms with Crippen molar-refractivity contribution in [1.82, 2.24) is 10.2 Å². The van der Waals surface area contributed by atoms with Crippen LogP contribution in [0.2, 0.25) is 5.02 Å². The number of halogens is 1. The van der Waals surface area contributed by atoms with Crippen molar-refractivity contribution in [1.29, 1.82) is 0 Å². The van der Waals surface area contributed by atoms with Gasteiger partial charge in [0.25, 0.3) is 0 Å². The number of nitrogens with zero attached hydrogens (tertiary/aromatic N) is 3. The molecule has 0 unspecified atom stereocenters. The van der Waals surface area contributed by atoms with Gasteiger partial charge < -0.3 is 9.32 Å². The van der Waals surface area contributed by atoms with Crippen molar-refractivity contribution in [2.24, 2.45) is 0 Å². The number of amides is 1.